The first kappa shape index (κ1) is 15.0. The van der Waals surface area contributed by atoms with Crippen LogP contribution < -0.4 is 10.6 Å². The van der Waals surface area contributed by atoms with E-state index in [1.165, 1.54) is 0 Å². The molecule has 4 nitrogen and oxygen atoms in total. The number of ether oxygens (including phenoxy) is 1. The maximum Gasteiger partial charge on any atom is 0.315 e. The summed E-state index contributed by atoms with van der Waals surface area (Å²) in [6.07, 6.45) is 0. The molecule has 0 spiro atoms. The summed E-state index contributed by atoms with van der Waals surface area (Å²) in [6, 6.07) is 7.65. The Morgan fingerprint density at radius 1 is 1.28 bits per heavy atom. The van der Waals surface area contributed by atoms with Crippen LogP contribution in [-0.4, -0.2) is 25.8 Å². The third-order valence-corrected chi connectivity index (χ3v) is 3.04. The summed E-state index contributed by atoms with van der Waals surface area (Å²) in [6.45, 7) is 4.34. The minimum atomic E-state index is -0.185. The van der Waals surface area contributed by atoms with Crippen molar-refractivity contribution in [3.63, 3.8) is 0 Å². The van der Waals surface area contributed by atoms with Crippen molar-refractivity contribution in [2.24, 2.45) is 0 Å². The standard InChI is InChI=1S/C13H19BrN2O2/c1-9(8-18-3)15-13(17)16-10(2)11-4-6-12(14)7-5-11/h4-7,9-10H,8H2,1-3H3,(H2,15,16,17). The molecule has 1 rings (SSSR count). The third-order valence-electron chi connectivity index (χ3n) is 2.51. The number of amides is 2. The Labute approximate surface area is 116 Å². The zero-order chi connectivity index (χ0) is 13.5. The van der Waals surface area contributed by atoms with Gasteiger partial charge in [0.1, 0.15) is 0 Å². The maximum absolute atomic E-state index is 11.7. The average molecular weight is 315 g/mol. The number of halogens is 1. The molecule has 0 aliphatic rings. The molecule has 2 unspecified atom stereocenters. The van der Waals surface area contributed by atoms with E-state index in [1.807, 2.05) is 38.1 Å². The Kier molecular flexibility index (Phi) is 6.15. The van der Waals surface area contributed by atoms with E-state index < -0.39 is 0 Å². The molecule has 0 bridgehead atoms. The monoisotopic (exact) mass is 314 g/mol. The van der Waals surface area contributed by atoms with Gasteiger partial charge < -0.3 is 15.4 Å². The van der Waals surface area contributed by atoms with E-state index in [1.54, 1.807) is 7.11 Å². The van der Waals surface area contributed by atoms with Gasteiger partial charge in [-0.05, 0) is 31.5 Å². The van der Waals surface area contributed by atoms with Crippen molar-refractivity contribution in [1.29, 1.82) is 0 Å². The van der Waals surface area contributed by atoms with Crippen LogP contribution in [0.2, 0.25) is 0 Å². The topological polar surface area (TPSA) is 50.4 Å². The van der Waals surface area contributed by atoms with Crippen molar-refractivity contribution >= 4 is 22.0 Å². The first-order chi connectivity index (χ1) is 8.52. The molecule has 0 saturated carbocycles. The van der Waals surface area contributed by atoms with Crippen LogP contribution in [0, 0.1) is 0 Å². The number of benzene rings is 1. The van der Waals surface area contributed by atoms with Gasteiger partial charge in [-0.1, -0.05) is 28.1 Å². The van der Waals surface area contributed by atoms with Crippen LogP contribution >= 0.6 is 15.9 Å². The summed E-state index contributed by atoms with van der Waals surface area (Å²) in [5, 5.41) is 5.69. The molecule has 5 heteroatoms. The molecule has 0 fully saturated rings. The van der Waals surface area contributed by atoms with Gasteiger partial charge in [0.25, 0.3) is 0 Å². The van der Waals surface area contributed by atoms with Crippen LogP contribution in [-0.2, 0) is 4.74 Å². The number of methoxy groups -OCH3 is 1. The molecule has 100 valence electrons. The molecule has 0 heterocycles. The lowest BCUT2D eigenvalue weighted by Gasteiger charge is -2.18. The van der Waals surface area contributed by atoms with Crippen LogP contribution in [0.25, 0.3) is 0 Å². The molecule has 1 aromatic carbocycles. The molecular formula is C13H19BrN2O2. The quantitative estimate of drug-likeness (QED) is 0.878. The number of urea groups is 1. The first-order valence-electron chi connectivity index (χ1n) is 5.84. The van der Waals surface area contributed by atoms with Gasteiger partial charge in [-0.25, -0.2) is 4.79 Å². The minimum absolute atomic E-state index is 0.00730. The molecule has 0 aliphatic heterocycles. The van der Waals surface area contributed by atoms with E-state index in [-0.39, 0.29) is 18.1 Å². The smallest absolute Gasteiger partial charge is 0.315 e. The highest BCUT2D eigenvalue weighted by atomic mass is 79.9. The van der Waals surface area contributed by atoms with Gasteiger partial charge in [0, 0.05) is 11.6 Å². The number of nitrogens with one attached hydrogen (secondary N) is 2. The van der Waals surface area contributed by atoms with Crippen molar-refractivity contribution in [1.82, 2.24) is 10.6 Å². The number of carbonyl (C=O) groups is 1. The Bertz CT molecular complexity index is 381. The molecular weight excluding hydrogens is 296 g/mol. The Hall–Kier alpha value is -1.07. The van der Waals surface area contributed by atoms with Crippen molar-refractivity contribution in [3.8, 4) is 0 Å². The maximum atomic E-state index is 11.7. The fraction of sp³-hybridized carbons (Fsp3) is 0.462. The van der Waals surface area contributed by atoms with Crippen LogP contribution in [0.5, 0.6) is 0 Å². The minimum Gasteiger partial charge on any atom is -0.383 e. The summed E-state index contributed by atoms with van der Waals surface area (Å²) in [4.78, 5) is 11.7. The first-order valence-corrected chi connectivity index (χ1v) is 6.63. The predicted molar refractivity (Wildman–Crippen MR) is 75.6 cm³/mol. The lowest BCUT2D eigenvalue weighted by Crippen LogP contribution is -2.43. The molecule has 0 aromatic heterocycles. The van der Waals surface area contributed by atoms with Gasteiger partial charge in [-0.3, -0.25) is 0 Å². The summed E-state index contributed by atoms with van der Waals surface area (Å²) in [5.41, 5.74) is 1.06. The second-order valence-electron chi connectivity index (χ2n) is 4.25. The zero-order valence-electron chi connectivity index (χ0n) is 10.9. The van der Waals surface area contributed by atoms with Crippen LogP contribution in [0.1, 0.15) is 25.5 Å². The normalized spacial score (nSPS) is 13.8. The fourth-order valence-corrected chi connectivity index (χ4v) is 1.85. The van der Waals surface area contributed by atoms with Crippen LogP contribution in [0.4, 0.5) is 4.79 Å². The Morgan fingerprint density at radius 2 is 1.89 bits per heavy atom. The lowest BCUT2D eigenvalue weighted by atomic mass is 10.1. The molecule has 2 atom stereocenters. The number of hydrogen-bond acceptors (Lipinski definition) is 2. The molecule has 2 amide bonds. The zero-order valence-corrected chi connectivity index (χ0v) is 12.5. The van der Waals surface area contributed by atoms with E-state index in [4.69, 9.17) is 4.74 Å². The van der Waals surface area contributed by atoms with Gasteiger partial charge in [-0.2, -0.15) is 0 Å². The predicted octanol–water partition coefficient (Wildman–Crippen LogP) is 2.84. The molecule has 1 aromatic rings. The van der Waals surface area contributed by atoms with Crippen LogP contribution in [0.3, 0.4) is 0 Å². The van der Waals surface area contributed by atoms with Gasteiger partial charge in [-0.15, -0.1) is 0 Å². The molecule has 0 saturated heterocycles. The molecule has 2 N–H and O–H groups in total. The summed E-state index contributed by atoms with van der Waals surface area (Å²) >= 11 is 3.38. The van der Waals surface area contributed by atoms with E-state index >= 15 is 0 Å². The van der Waals surface area contributed by atoms with Crippen molar-refractivity contribution < 1.29 is 9.53 Å². The third kappa shape index (κ3) is 5.06. The molecule has 0 aliphatic carbocycles. The van der Waals surface area contributed by atoms with Crippen molar-refractivity contribution in [2.75, 3.05) is 13.7 Å². The van der Waals surface area contributed by atoms with E-state index in [2.05, 4.69) is 26.6 Å². The highest BCUT2D eigenvalue weighted by Crippen LogP contribution is 2.16. The van der Waals surface area contributed by atoms with Gasteiger partial charge >= 0.3 is 6.03 Å². The molecule has 18 heavy (non-hydrogen) atoms. The van der Waals surface area contributed by atoms with Gasteiger partial charge in [0.05, 0.1) is 18.7 Å². The second-order valence-corrected chi connectivity index (χ2v) is 5.16. The highest BCUT2D eigenvalue weighted by Gasteiger charge is 2.11. The SMILES string of the molecule is COCC(C)NC(=O)NC(C)c1ccc(Br)cc1. The fourth-order valence-electron chi connectivity index (χ4n) is 1.59. The number of carbonyl (C=O) groups excluding carboxylic acids is 1. The van der Waals surface area contributed by atoms with Crippen molar-refractivity contribution in [2.45, 2.75) is 25.9 Å². The van der Waals surface area contributed by atoms with Gasteiger partial charge in [0.15, 0.2) is 0 Å². The highest BCUT2D eigenvalue weighted by molar-refractivity contribution is 9.10. The summed E-state index contributed by atoms with van der Waals surface area (Å²) in [7, 11) is 1.61. The summed E-state index contributed by atoms with van der Waals surface area (Å²) in [5.74, 6) is 0. The largest absolute Gasteiger partial charge is 0.383 e. The Morgan fingerprint density at radius 3 is 2.44 bits per heavy atom. The molecule has 0 radical (unpaired) electrons. The van der Waals surface area contributed by atoms with E-state index in [9.17, 15) is 4.79 Å². The van der Waals surface area contributed by atoms with Crippen molar-refractivity contribution in [3.05, 3.63) is 34.3 Å². The number of rotatable bonds is 5. The second kappa shape index (κ2) is 7.38. The lowest BCUT2D eigenvalue weighted by molar-refractivity contribution is 0.170. The Balaban J connectivity index is 2.46. The van der Waals surface area contributed by atoms with Gasteiger partial charge in [0.2, 0.25) is 0 Å². The van der Waals surface area contributed by atoms with Crippen LogP contribution in [0.15, 0.2) is 28.7 Å². The van der Waals surface area contributed by atoms with E-state index in [0.717, 1.165) is 10.0 Å². The number of hydrogen-bond donors (Lipinski definition) is 2. The average Bonchev–Trinajstić information content (AvgIpc) is 2.29. The van der Waals surface area contributed by atoms with E-state index in [0.29, 0.717) is 6.61 Å². The summed E-state index contributed by atoms with van der Waals surface area (Å²) < 4.78 is 5.98.